The van der Waals surface area contributed by atoms with Gasteiger partial charge in [0, 0.05) is 11.3 Å². The van der Waals surface area contributed by atoms with E-state index in [1.807, 2.05) is 0 Å². The molecule has 1 saturated carbocycles. The molecule has 3 heteroatoms. The van der Waals surface area contributed by atoms with E-state index in [1.54, 1.807) is 0 Å². The molecule has 0 radical (unpaired) electrons. The zero-order valence-corrected chi connectivity index (χ0v) is 5.08. The first kappa shape index (κ1) is 5.65. The normalized spacial score (nSPS) is 55.3. The van der Waals surface area contributed by atoms with E-state index in [0.29, 0.717) is 6.61 Å². The summed E-state index contributed by atoms with van der Waals surface area (Å²) in [4.78, 5) is 0. The molecule has 3 nitrogen and oxygen atoms in total. The van der Waals surface area contributed by atoms with Crippen molar-refractivity contribution in [2.45, 2.75) is 12.7 Å². The molecule has 1 aliphatic carbocycles. The van der Waals surface area contributed by atoms with Crippen LogP contribution >= 0.6 is 0 Å². The maximum Gasteiger partial charge on any atom is 0.158 e. The van der Waals surface area contributed by atoms with Gasteiger partial charge in [-0.15, -0.1) is 0 Å². The van der Waals surface area contributed by atoms with Crippen LogP contribution in [0.5, 0.6) is 0 Å². The molecule has 9 heavy (non-hydrogen) atoms. The minimum atomic E-state index is -0.600. The van der Waals surface area contributed by atoms with E-state index < -0.39 is 6.29 Å². The summed E-state index contributed by atoms with van der Waals surface area (Å²) in [5, 5.41) is 17.8. The minimum Gasteiger partial charge on any atom is -0.396 e. The number of aliphatic hydroxyl groups is 2. The molecule has 1 saturated heterocycles. The number of rotatable bonds is 1. The Hall–Kier alpha value is -0.120. The van der Waals surface area contributed by atoms with Crippen molar-refractivity contribution in [3.8, 4) is 0 Å². The van der Waals surface area contributed by atoms with Crippen LogP contribution in [0.3, 0.4) is 0 Å². The second kappa shape index (κ2) is 1.48. The van der Waals surface area contributed by atoms with Crippen LogP contribution in [0.25, 0.3) is 0 Å². The van der Waals surface area contributed by atoms with E-state index in [4.69, 9.17) is 14.9 Å². The summed E-state index contributed by atoms with van der Waals surface area (Å²) in [7, 11) is 0. The fraction of sp³-hybridized carbons (Fsp3) is 1.00. The summed E-state index contributed by atoms with van der Waals surface area (Å²) >= 11 is 0. The van der Waals surface area contributed by atoms with Gasteiger partial charge in [-0.3, -0.25) is 0 Å². The number of aliphatic hydroxyl groups excluding tert-OH is 2. The third-order valence-corrected chi connectivity index (χ3v) is 2.45. The van der Waals surface area contributed by atoms with Crippen molar-refractivity contribution in [3.63, 3.8) is 0 Å². The molecular weight excluding hydrogens is 120 g/mol. The van der Waals surface area contributed by atoms with E-state index in [-0.39, 0.29) is 17.9 Å². The Morgan fingerprint density at radius 3 is 2.67 bits per heavy atom. The highest BCUT2D eigenvalue weighted by atomic mass is 16.6. The smallest absolute Gasteiger partial charge is 0.158 e. The molecule has 3 atom stereocenters. The molecular formula is C6H10O3. The second-order valence-corrected chi connectivity index (χ2v) is 3.03. The fourth-order valence-electron chi connectivity index (χ4n) is 1.54. The van der Waals surface area contributed by atoms with Crippen molar-refractivity contribution >= 4 is 0 Å². The Labute approximate surface area is 53.3 Å². The first-order valence-corrected chi connectivity index (χ1v) is 3.19. The topological polar surface area (TPSA) is 49.7 Å². The Kier molecular flexibility index (Phi) is 0.928. The Morgan fingerprint density at radius 1 is 1.67 bits per heavy atom. The van der Waals surface area contributed by atoms with E-state index in [0.717, 1.165) is 6.42 Å². The summed E-state index contributed by atoms with van der Waals surface area (Å²) in [6.45, 7) is 0.698. The van der Waals surface area contributed by atoms with Crippen molar-refractivity contribution in [1.29, 1.82) is 0 Å². The Bertz CT molecular complexity index is 136. The van der Waals surface area contributed by atoms with Crippen LogP contribution in [0.2, 0.25) is 0 Å². The van der Waals surface area contributed by atoms with E-state index in [2.05, 4.69) is 0 Å². The van der Waals surface area contributed by atoms with Gasteiger partial charge in [0.15, 0.2) is 6.29 Å². The van der Waals surface area contributed by atoms with Gasteiger partial charge in [-0.2, -0.15) is 0 Å². The zero-order chi connectivity index (χ0) is 6.48. The highest BCUT2D eigenvalue weighted by Crippen LogP contribution is 2.58. The first-order valence-electron chi connectivity index (χ1n) is 3.19. The predicted octanol–water partition coefficient (Wildman–Crippen LogP) is -0.666. The lowest BCUT2D eigenvalue weighted by molar-refractivity contribution is -0.0840. The maximum absolute atomic E-state index is 9.00. The molecule has 0 aromatic heterocycles. The number of hydrogen-bond acceptors (Lipinski definition) is 3. The van der Waals surface area contributed by atoms with E-state index in [1.165, 1.54) is 0 Å². The van der Waals surface area contributed by atoms with Crippen LogP contribution < -0.4 is 0 Å². The maximum atomic E-state index is 9.00. The molecule has 1 heterocycles. The number of hydrogen-bond donors (Lipinski definition) is 2. The van der Waals surface area contributed by atoms with E-state index in [9.17, 15) is 0 Å². The van der Waals surface area contributed by atoms with Crippen LogP contribution in [0.1, 0.15) is 6.42 Å². The lowest BCUT2D eigenvalue weighted by atomic mass is 10.1. The van der Waals surface area contributed by atoms with Gasteiger partial charge in [-0.05, 0) is 6.42 Å². The van der Waals surface area contributed by atoms with Crippen molar-refractivity contribution < 1.29 is 14.9 Å². The lowest BCUT2D eigenvalue weighted by Gasteiger charge is -2.03. The average Bonchev–Trinajstić information content (AvgIpc) is 2.53. The van der Waals surface area contributed by atoms with Crippen molar-refractivity contribution in [3.05, 3.63) is 0 Å². The first-order chi connectivity index (χ1) is 4.28. The number of fused-ring (bicyclic) bond motifs is 1. The molecule has 0 amide bonds. The monoisotopic (exact) mass is 130 g/mol. The molecule has 0 unspecified atom stereocenters. The molecule has 52 valence electrons. The van der Waals surface area contributed by atoms with Gasteiger partial charge in [0.05, 0.1) is 13.2 Å². The van der Waals surface area contributed by atoms with Crippen LogP contribution in [-0.2, 0) is 4.74 Å². The third kappa shape index (κ3) is 0.569. The van der Waals surface area contributed by atoms with Gasteiger partial charge < -0.3 is 14.9 Å². The molecule has 0 aromatic carbocycles. The largest absolute Gasteiger partial charge is 0.396 e. The van der Waals surface area contributed by atoms with Gasteiger partial charge in [0.1, 0.15) is 0 Å². The SMILES string of the molecule is OC[C@]12CO[C@H](O)[C@H]1C2. The summed E-state index contributed by atoms with van der Waals surface area (Å²) in [6, 6.07) is 0. The van der Waals surface area contributed by atoms with Crippen molar-refractivity contribution in [1.82, 2.24) is 0 Å². The second-order valence-electron chi connectivity index (χ2n) is 3.03. The minimum absolute atomic E-state index is 0.0422. The van der Waals surface area contributed by atoms with Gasteiger partial charge in [-0.1, -0.05) is 0 Å². The van der Waals surface area contributed by atoms with Gasteiger partial charge in [0.2, 0.25) is 0 Å². The van der Waals surface area contributed by atoms with Gasteiger partial charge >= 0.3 is 0 Å². The molecule has 2 aliphatic rings. The van der Waals surface area contributed by atoms with Crippen LogP contribution in [0.15, 0.2) is 0 Å². The summed E-state index contributed by atoms with van der Waals surface area (Å²) < 4.78 is 4.90. The third-order valence-electron chi connectivity index (χ3n) is 2.45. The predicted molar refractivity (Wildman–Crippen MR) is 29.6 cm³/mol. The molecule has 2 fully saturated rings. The van der Waals surface area contributed by atoms with E-state index >= 15 is 0 Å². The van der Waals surface area contributed by atoms with Crippen LogP contribution in [0, 0.1) is 11.3 Å². The van der Waals surface area contributed by atoms with Crippen LogP contribution in [0.4, 0.5) is 0 Å². The highest BCUT2D eigenvalue weighted by molar-refractivity contribution is 5.06. The number of ether oxygens (including phenoxy) is 1. The fourth-order valence-corrected chi connectivity index (χ4v) is 1.54. The molecule has 2 rings (SSSR count). The highest BCUT2D eigenvalue weighted by Gasteiger charge is 2.62. The Balaban J connectivity index is 2.08. The average molecular weight is 130 g/mol. The van der Waals surface area contributed by atoms with Crippen LogP contribution in [-0.4, -0.2) is 29.7 Å². The lowest BCUT2D eigenvalue weighted by Crippen LogP contribution is -2.10. The molecule has 2 N–H and O–H groups in total. The quantitative estimate of drug-likeness (QED) is 0.495. The van der Waals surface area contributed by atoms with Crippen molar-refractivity contribution in [2.75, 3.05) is 13.2 Å². The molecule has 1 aliphatic heterocycles. The summed E-state index contributed by atoms with van der Waals surface area (Å²) in [5.41, 5.74) is -0.0422. The zero-order valence-electron chi connectivity index (χ0n) is 5.08. The summed E-state index contributed by atoms with van der Waals surface area (Å²) in [5.74, 6) is 0.225. The standard InChI is InChI=1S/C6H10O3/c7-2-6-1-4(6)5(8)9-3-6/h4-5,7-8H,1-3H2/t4-,5+,6-/m1/s1. The molecule has 0 spiro atoms. The van der Waals surface area contributed by atoms with Crippen molar-refractivity contribution in [2.24, 2.45) is 11.3 Å². The molecule has 0 aromatic rings. The van der Waals surface area contributed by atoms with Gasteiger partial charge in [0.25, 0.3) is 0 Å². The Morgan fingerprint density at radius 2 is 2.44 bits per heavy atom. The van der Waals surface area contributed by atoms with Gasteiger partial charge in [-0.25, -0.2) is 0 Å². The molecule has 0 bridgehead atoms. The summed E-state index contributed by atoms with van der Waals surface area (Å²) in [6.07, 6.45) is 0.335.